The second-order valence-electron chi connectivity index (χ2n) is 5.50. The van der Waals surface area contributed by atoms with Gasteiger partial charge in [0.05, 0.1) is 24.5 Å². The predicted molar refractivity (Wildman–Crippen MR) is 75.8 cm³/mol. The summed E-state index contributed by atoms with van der Waals surface area (Å²) in [5.41, 5.74) is 1.10. The zero-order valence-corrected chi connectivity index (χ0v) is 12.5. The van der Waals surface area contributed by atoms with Gasteiger partial charge in [0.15, 0.2) is 0 Å². The maximum atomic E-state index is 9.82. The molecule has 0 amide bonds. The third-order valence-electron chi connectivity index (χ3n) is 2.98. The monoisotopic (exact) mass is 269 g/mol. The Bertz CT molecular complexity index is 352. The molecule has 0 spiro atoms. The van der Waals surface area contributed by atoms with E-state index in [-0.39, 0.29) is 6.10 Å². The van der Waals surface area contributed by atoms with E-state index >= 15 is 0 Å². The van der Waals surface area contributed by atoms with Crippen LogP contribution in [0.25, 0.3) is 0 Å². The van der Waals surface area contributed by atoms with Crippen molar-refractivity contribution in [2.75, 3.05) is 13.2 Å². The molecule has 5 heteroatoms. The van der Waals surface area contributed by atoms with E-state index < -0.39 is 6.10 Å². The second kappa shape index (κ2) is 8.30. The van der Waals surface area contributed by atoms with Gasteiger partial charge < -0.3 is 15.2 Å². The first-order valence-electron chi connectivity index (χ1n) is 6.96. The maximum absolute atomic E-state index is 9.82. The van der Waals surface area contributed by atoms with Crippen LogP contribution in [0.15, 0.2) is 12.3 Å². The van der Waals surface area contributed by atoms with Crippen LogP contribution in [0.5, 0.6) is 0 Å². The van der Waals surface area contributed by atoms with Gasteiger partial charge in [0.25, 0.3) is 0 Å². The molecule has 2 unspecified atom stereocenters. The van der Waals surface area contributed by atoms with E-state index in [0.717, 1.165) is 12.1 Å². The third kappa shape index (κ3) is 6.71. The van der Waals surface area contributed by atoms with Crippen molar-refractivity contribution in [3.8, 4) is 0 Å². The Morgan fingerprint density at radius 1 is 1.42 bits per heavy atom. The quantitative estimate of drug-likeness (QED) is 0.710. The van der Waals surface area contributed by atoms with Gasteiger partial charge in [-0.15, -0.1) is 0 Å². The van der Waals surface area contributed by atoms with E-state index in [9.17, 15) is 5.11 Å². The summed E-state index contributed by atoms with van der Waals surface area (Å²) in [6, 6.07) is 1.96. The van der Waals surface area contributed by atoms with Crippen LogP contribution in [0.4, 0.5) is 0 Å². The molecule has 1 aromatic heterocycles. The van der Waals surface area contributed by atoms with Crippen molar-refractivity contribution in [2.24, 2.45) is 13.0 Å². The molecule has 19 heavy (non-hydrogen) atoms. The molecular weight excluding hydrogens is 242 g/mol. The Balaban J connectivity index is 2.11. The van der Waals surface area contributed by atoms with Crippen LogP contribution < -0.4 is 5.32 Å². The lowest BCUT2D eigenvalue weighted by Crippen LogP contribution is -2.32. The van der Waals surface area contributed by atoms with Crippen LogP contribution in [0.2, 0.25) is 0 Å². The molecule has 0 aliphatic carbocycles. The Morgan fingerprint density at radius 3 is 2.74 bits per heavy atom. The highest BCUT2D eigenvalue weighted by atomic mass is 16.5. The van der Waals surface area contributed by atoms with Gasteiger partial charge in [-0.3, -0.25) is 4.68 Å². The van der Waals surface area contributed by atoms with E-state index in [0.29, 0.717) is 25.6 Å². The molecule has 1 rings (SSSR count). The molecule has 110 valence electrons. The lowest BCUT2D eigenvalue weighted by atomic mass is 10.1. The minimum Gasteiger partial charge on any atom is -0.389 e. The summed E-state index contributed by atoms with van der Waals surface area (Å²) >= 11 is 0. The highest BCUT2D eigenvalue weighted by molar-refractivity contribution is 4.99. The van der Waals surface area contributed by atoms with E-state index in [1.54, 1.807) is 6.20 Å². The van der Waals surface area contributed by atoms with Crippen LogP contribution in [0, 0.1) is 5.92 Å². The summed E-state index contributed by atoms with van der Waals surface area (Å²) in [7, 11) is 1.91. The van der Waals surface area contributed by atoms with Crippen molar-refractivity contribution in [2.45, 2.75) is 45.9 Å². The average Bonchev–Trinajstić information content (AvgIpc) is 2.72. The van der Waals surface area contributed by atoms with Crippen molar-refractivity contribution >= 4 is 0 Å². The lowest BCUT2D eigenvalue weighted by Gasteiger charge is -2.18. The minimum absolute atomic E-state index is 0.201. The van der Waals surface area contributed by atoms with Crippen molar-refractivity contribution in [1.29, 1.82) is 0 Å². The highest BCUT2D eigenvalue weighted by Gasteiger charge is 2.09. The predicted octanol–water partition coefficient (Wildman–Crippen LogP) is 1.32. The van der Waals surface area contributed by atoms with Gasteiger partial charge >= 0.3 is 0 Å². The molecular formula is C14H27N3O2. The van der Waals surface area contributed by atoms with E-state index in [1.165, 1.54) is 0 Å². The molecule has 0 bridgehead atoms. The second-order valence-corrected chi connectivity index (χ2v) is 5.50. The minimum atomic E-state index is -0.470. The summed E-state index contributed by atoms with van der Waals surface area (Å²) < 4.78 is 7.44. The number of aryl methyl sites for hydroxylation is 1. The van der Waals surface area contributed by atoms with Gasteiger partial charge in [-0.1, -0.05) is 13.8 Å². The van der Waals surface area contributed by atoms with Gasteiger partial charge in [-0.05, 0) is 25.3 Å². The fraction of sp³-hybridized carbons (Fsp3) is 0.786. The molecule has 5 nitrogen and oxygen atoms in total. The first kappa shape index (κ1) is 16.1. The molecule has 0 fully saturated rings. The van der Waals surface area contributed by atoms with Crippen molar-refractivity contribution in [3.05, 3.63) is 18.0 Å². The number of nitrogens with one attached hydrogen (secondary N) is 1. The number of aromatic nitrogens is 2. The fourth-order valence-electron chi connectivity index (χ4n) is 2.01. The summed E-state index contributed by atoms with van der Waals surface area (Å²) in [5.74, 6) is 0.620. The number of rotatable bonds is 9. The number of hydrogen-bond donors (Lipinski definition) is 2. The zero-order chi connectivity index (χ0) is 14.3. The highest BCUT2D eigenvalue weighted by Crippen LogP contribution is 2.07. The van der Waals surface area contributed by atoms with Crippen LogP contribution in [0.3, 0.4) is 0 Å². The standard InChI is InChI=1S/C14H27N3O2/c1-11(2)7-12(3)19-10-14(18)9-15-8-13-5-6-16-17(13)4/h5-6,11-12,14-15,18H,7-10H2,1-4H3. The van der Waals surface area contributed by atoms with Crippen molar-refractivity contribution in [1.82, 2.24) is 15.1 Å². The number of hydrogen-bond acceptors (Lipinski definition) is 4. The molecule has 0 saturated carbocycles. The Morgan fingerprint density at radius 2 is 2.16 bits per heavy atom. The van der Waals surface area contributed by atoms with Crippen LogP contribution in [0.1, 0.15) is 32.9 Å². The van der Waals surface area contributed by atoms with Crippen molar-refractivity contribution < 1.29 is 9.84 Å². The molecule has 0 radical (unpaired) electrons. The van der Waals surface area contributed by atoms with Crippen LogP contribution in [-0.4, -0.2) is 40.2 Å². The molecule has 2 atom stereocenters. The molecule has 0 aromatic carbocycles. The number of ether oxygens (including phenoxy) is 1. The smallest absolute Gasteiger partial charge is 0.0897 e. The molecule has 2 N–H and O–H groups in total. The number of aliphatic hydroxyl groups excluding tert-OH is 1. The normalized spacial score (nSPS) is 14.8. The summed E-state index contributed by atoms with van der Waals surface area (Å²) in [6.45, 7) is 8.01. The maximum Gasteiger partial charge on any atom is 0.0897 e. The van der Waals surface area contributed by atoms with Gasteiger partial charge in [-0.2, -0.15) is 5.10 Å². The summed E-state index contributed by atoms with van der Waals surface area (Å²) in [4.78, 5) is 0. The van der Waals surface area contributed by atoms with Crippen LogP contribution in [-0.2, 0) is 18.3 Å². The average molecular weight is 269 g/mol. The number of nitrogens with zero attached hydrogens (tertiary/aromatic N) is 2. The van der Waals surface area contributed by atoms with E-state index in [2.05, 4.69) is 31.2 Å². The van der Waals surface area contributed by atoms with Gasteiger partial charge in [0.2, 0.25) is 0 Å². The topological polar surface area (TPSA) is 59.3 Å². The fourth-order valence-corrected chi connectivity index (χ4v) is 2.01. The molecule has 0 aliphatic rings. The summed E-state index contributed by atoms with van der Waals surface area (Å²) in [6.07, 6.45) is 2.52. The largest absolute Gasteiger partial charge is 0.389 e. The molecule has 0 saturated heterocycles. The first-order valence-corrected chi connectivity index (χ1v) is 6.96. The summed E-state index contributed by atoms with van der Waals surface area (Å²) in [5, 5.41) is 17.1. The van der Waals surface area contributed by atoms with Gasteiger partial charge in [-0.25, -0.2) is 0 Å². The van der Waals surface area contributed by atoms with Crippen molar-refractivity contribution in [3.63, 3.8) is 0 Å². The SMILES string of the molecule is CC(C)CC(C)OCC(O)CNCc1ccnn1C. The molecule has 1 aromatic rings. The zero-order valence-electron chi connectivity index (χ0n) is 12.5. The van der Waals surface area contributed by atoms with Gasteiger partial charge in [0.1, 0.15) is 0 Å². The Kier molecular flexibility index (Phi) is 7.05. The Hall–Kier alpha value is -0.910. The molecule has 0 aliphatic heterocycles. The van der Waals surface area contributed by atoms with Gasteiger partial charge in [0, 0.05) is 26.3 Å². The first-order chi connectivity index (χ1) is 8.99. The van der Waals surface area contributed by atoms with E-state index in [1.807, 2.05) is 17.8 Å². The Labute approximate surface area is 116 Å². The lowest BCUT2D eigenvalue weighted by molar-refractivity contribution is -0.00861. The molecule has 1 heterocycles. The third-order valence-corrected chi connectivity index (χ3v) is 2.98. The van der Waals surface area contributed by atoms with Crippen LogP contribution >= 0.6 is 0 Å². The van der Waals surface area contributed by atoms with E-state index in [4.69, 9.17) is 4.74 Å². The number of aliphatic hydroxyl groups is 1.